The quantitative estimate of drug-likeness (QED) is 0.924. The third-order valence-corrected chi connectivity index (χ3v) is 4.26. The highest BCUT2D eigenvalue weighted by Gasteiger charge is 2.31. The first-order chi connectivity index (χ1) is 8.58. The zero-order valence-electron chi connectivity index (χ0n) is 10.1. The molecule has 1 saturated heterocycles. The Hall–Kier alpha value is -1.07. The standard InChI is InChI=1S/C12H15ClN2O2S/c1-8(16)15-6-2-3-10(15)12(17)14-7-9-4-5-11(13)18-9/h4-5,10H,2-3,6-7H2,1H3,(H,14,17). The number of amides is 2. The molecule has 2 rings (SSSR count). The molecule has 2 amide bonds. The van der Waals surface area contributed by atoms with Crippen LogP contribution in [0.4, 0.5) is 0 Å². The Morgan fingerprint density at radius 1 is 1.56 bits per heavy atom. The van der Waals surface area contributed by atoms with Gasteiger partial charge < -0.3 is 10.2 Å². The summed E-state index contributed by atoms with van der Waals surface area (Å²) in [7, 11) is 0. The predicted molar refractivity (Wildman–Crippen MR) is 71.6 cm³/mol. The number of likely N-dealkylation sites (tertiary alicyclic amines) is 1. The van der Waals surface area contributed by atoms with Gasteiger partial charge in [-0.25, -0.2) is 0 Å². The molecule has 1 fully saturated rings. The molecule has 4 nitrogen and oxygen atoms in total. The minimum Gasteiger partial charge on any atom is -0.349 e. The van der Waals surface area contributed by atoms with E-state index in [-0.39, 0.29) is 17.9 Å². The van der Waals surface area contributed by atoms with Crippen LogP contribution in [0.2, 0.25) is 4.34 Å². The summed E-state index contributed by atoms with van der Waals surface area (Å²) < 4.78 is 0.713. The summed E-state index contributed by atoms with van der Waals surface area (Å²) in [6.07, 6.45) is 1.64. The first kappa shape index (κ1) is 13.4. The minimum absolute atomic E-state index is 0.0354. The molecule has 1 aromatic heterocycles. The lowest BCUT2D eigenvalue weighted by atomic mass is 10.2. The summed E-state index contributed by atoms with van der Waals surface area (Å²) >= 11 is 7.27. The van der Waals surface area contributed by atoms with E-state index in [0.717, 1.165) is 17.7 Å². The molecular weight excluding hydrogens is 272 g/mol. The van der Waals surface area contributed by atoms with Crippen molar-refractivity contribution >= 4 is 34.8 Å². The van der Waals surface area contributed by atoms with E-state index in [1.807, 2.05) is 12.1 Å². The van der Waals surface area contributed by atoms with E-state index in [1.54, 1.807) is 4.90 Å². The van der Waals surface area contributed by atoms with Crippen molar-refractivity contribution in [2.45, 2.75) is 32.4 Å². The van der Waals surface area contributed by atoms with Crippen molar-refractivity contribution in [3.63, 3.8) is 0 Å². The van der Waals surface area contributed by atoms with Gasteiger partial charge in [0.2, 0.25) is 11.8 Å². The maximum Gasteiger partial charge on any atom is 0.243 e. The number of thiophene rings is 1. The van der Waals surface area contributed by atoms with Crippen LogP contribution in [-0.2, 0) is 16.1 Å². The Bertz CT molecular complexity index is 461. The van der Waals surface area contributed by atoms with Gasteiger partial charge in [0.05, 0.1) is 10.9 Å². The van der Waals surface area contributed by atoms with Gasteiger partial charge >= 0.3 is 0 Å². The Balaban J connectivity index is 1.89. The summed E-state index contributed by atoms with van der Waals surface area (Å²) in [6.45, 7) is 2.65. The highest BCUT2D eigenvalue weighted by Crippen LogP contribution is 2.22. The number of carbonyl (C=O) groups excluding carboxylic acids is 2. The molecule has 2 heterocycles. The molecule has 6 heteroatoms. The topological polar surface area (TPSA) is 49.4 Å². The number of hydrogen-bond donors (Lipinski definition) is 1. The maximum absolute atomic E-state index is 12.0. The monoisotopic (exact) mass is 286 g/mol. The van der Waals surface area contributed by atoms with Crippen LogP contribution >= 0.6 is 22.9 Å². The average Bonchev–Trinajstić information content (AvgIpc) is 2.94. The second-order valence-corrected chi connectivity index (χ2v) is 6.09. The molecule has 0 spiro atoms. The SMILES string of the molecule is CC(=O)N1CCCC1C(=O)NCc1ccc(Cl)s1. The fourth-order valence-electron chi connectivity index (χ4n) is 2.15. The van der Waals surface area contributed by atoms with Crippen molar-refractivity contribution in [1.82, 2.24) is 10.2 Å². The van der Waals surface area contributed by atoms with Crippen LogP contribution in [0, 0.1) is 0 Å². The van der Waals surface area contributed by atoms with Gasteiger partial charge in [-0.15, -0.1) is 11.3 Å². The van der Waals surface area contributed by atoms with Gasteiger partial charge in [0.1, 0.15) is 6.04 Å². The second-order valence-electron chi connectivity index (χ2n) is 4.29. The molecule has 1 aromatic rings. The summed E-state index contributed by atoms with van der Waals surface area (Å²) in [4.78, 5) is 26.0. The summed E-state index contributed by atoms with van der Waals surface area (Å²) in [5, 5.41) is 2.86. The fourth-order valence-corrected chi connectivity index (χ4v) is 3.18. The fraction of sp³-hybridized carbons (Fsp3) is 0.500. The van der Waals surface area contributed by atoms with Gasteiger partial charge in [-0.05, 0) is 25.0 Å². The lowest BCUT2D eigenvalue weighted by Gasteiger charge is -2.22. The normalized spacial score (nSPS) is 19.0. The van der Waals surface area contributed by atoms with Crippen molar-refractivity contribution < 1.29 is 9.59 Å². The molecule has 0 aromatic carbocycles. The van der Waals surface area contributed by atoms with Gasteiger partial charge in [-0.1, -0.05) is 11.6 Å². The molecule has 1 aliphatic rings. The molecule has 1 atom stereocenters. The van der Waals surface area contributed by atoms with Crippen molar-refractivity contribution in [1.29, 1.82) is 0 Å². The number of carbonyl (C=O) groups is 2. The first-order valence-corrected chi connectivity index (χ1v) is 7.06. The van der Waals surface area contributed by atoms with E-state index < -0.39 is 0 Å². The lowest BCUT2D eigenvalue weighted by Crippen LogP contribution is -2.44. The van der Waals surface area contributed by atoms with Crippen LogP contribution in [0.5, 0.6) is 0 Å². The Labute approximate surface area is 115 Å². The minimum atomic E-state index is -0.307. The number of nitrogens with one attached hydrogen (secondary N) is 1. The van der Waals surface area contributed by atoms with Gasteiger partial charge in [0.15, 0.2) is 0 Å². The first-order valence-electron chi connectivity index (χ1n) is 5.87. The molecule has 0 aliphatic carbocycles. The third-order valence-electron chi connectivity index (χ3n) is 3.03. The van der Waals surface area contributed by atoms with E-state index in [0.29, 0.717) is 17.4 Å². The number of nitrogens with zero attached hydrogens (tertiary/aromatic N) is 1. The molecule has 1 aliphatic heterocycles. The van der Waals surface area contributed by atoms with Crippen molar-refractivity contribution in [3.8, 4) is 0 Å². The van der Waals surface area contributed by atoms with Crippen LogP contribution in [0.15, 0.2) is 12.1 Å². The Morgan fingerprint density at radius 3 is 2.94 bits per heavy atom. The number of rotatable bonds is 3. The van der Waals surface area contributed by atoms with Gasteiger partial charge in [-0.3, -0.25) is 9.59 Å². The maximum atomic E-state index is 12.0. The molecule has 1 N–H and O–H groups in total. The summed E-state index contributed by atoms with van der Waals surface area (Å²) in [5.74, 6) is -0.112. The molecule has 0 radical (unpaired) electrons. The van der Waals surface area contributed by atoms with E-state index in [4.69, 9.17) is 11.6 Å². The number of hydrogen-bond acceptors (Lipinski definition) is 3. The zero-order valence-corrected chi connectivity index (χ0v) is 11.7. The Kier molecular flexibility index (Phi) is 4.24. The van der Waals surface area contributed by atoms with Crippen molar-refractivity contribution in [2.24, 2.45) is 0 Å². The number of halogens is 1. The molecule has 0 saturated carbocycles. The Morgan fingerprint density at radius 2 is 2.33 bits per heavy atom. The summed E-state index contributed by atoms with van der Waals surface area (Å²) in [5.41, 5.74) is 0. The van der Waals surface area contributed by atoms with Crippen LogP contribution in [0.1, 0.15) is 24.6 Å². The van der Waals surface area contributed by atoms with Gasteiger partial charge in [0, 0.05) is 18.3 Å². The third kappa shape index (κ3) is 3.03. The van der Waals surface area contributed by atoms with E-state index in [2.05, 4.69) is 5.32 Å². The highest BCUT2D eigenvalue weighted by molar-refractivity contribution is 7.16. The molecular formula is C12H15ClN2O2S. The van der Waals surface area contributed by atoms with Crippen molar-refractivity contribution in [3.05, 3.63) is 21.3 Å². The predicted octanol–water partition coefficient (Wildman–Crippen LogP) is 2.03. The largest absolute Gasteiger partial charge is 0.349 e. The molecule has 18 heavy (non-hydrogen) atoms. The summed E-state index contributed by atoms with van der Waals surface area (Å²) in [6, 6.07) is 3.40. The molecule has 98 valence electrons. The average molecular weight is 287 g/mol. The van der Waals surface area contributed by atoms with Crippen LogP contribution in [0.25, 0.3) is 0 Å². The van der Waals surface area contributed by atoms with Crippen LogP contribution in [-0.4, -0.2) is 29.3 Å². The smallest absolute Gasteiger partial charge is 0.243 e. The van der Waals surface area contributed by atoms with Gasteiger partial charge in [0.25, 0.3) is 0 Å². The van der Waals surface area contributed by atoms with Crippen LogP contribution < -0.4 is 5.32 Å². The van der Waals surface area contributed by atoms with Crippen LogP contribution in [0.3, 0.4) is 0 Å². The van der Waals surface area contributed by atoms with E-state index in [1.165, 1.54) is 18.3 Å². The lowest BCUT2D eigenvalue weighted by molar-refractivity contribution is -0.136. The molecule has 0 bridgehead atoms. The van der Waals surface area contributed by atoms with Crippen molar-refractivity contribution in [2.75, 3.05) is 6.54 Å². The second kappa shape index (κ2) is 5.71. The highest BCUT2D eigenvalue weighted by atomic mass is 35.5. The van der Waals surface area contributed by atoms with E-state index in [9.17, 15) is 9.59 Å². The molecule has 1 unspecified atom stereocenters. The van der Waals surface area contributed by atoms with E-state index >= 15 is 0 Å². The van der Waals surface area contributed by atoms with Gasteiger partial charge in [-0.2, -0.15) is 0 Å². The zero-order chi connectivity index (χ0) is 13.1.